The summed E-state index contributed by atoms with van der Waals surface area (Å²) in [4.78, 5) is 42.7. The summed E-state index contributed by atoms with van der Waals surface area (Å²) in [5.74, 6) is -1.80. The molecule has 0 fully saturated rings. The monoisotopic (exact) mass is 542 g/mol. The molecule has 0 aliphatic carbocycles. The Morgan fingerprint density at radius 3 is 1.90 bits per heavy atom. The van der Waals surface area contributed by atoms with Crippen LogP contribution < -0.4 is 27.8 Å². The fourth-order valence-corrected chi connectivity index (χ4v) is 4.05. The average Bonchev–Trinajstić information content (AvgIpc) is 2.94. The molecule has 3 aromatic rings. The first-order valence-corrected chi connectivity index (χ1v) is 12.8. The van der Waals surface area contributed by atoms with Gasteiger partial charge in [0.15, 0.2) is 5.96 Å². The number of rotatable bonds is 13. The van der Waals surface area contributed by atoms with Gasteiger partial charge in [0.25, 0.3) is 0 Å². The van der Waals surface area contributed by atoms with Gasteiger partial charge >= 0.3 is 0 Å². The van der Waals surface area contributed by atoms with Crippen LogP contribution in [-0.4, -0.2) is 47.4 Å². The van der Waals surface area contributed by atoms with Crippen LogP contribution in [0.4, 0.5) is 0 Å². The molecule has 208 valence electrons. The molecule has 0 heterocycles. The number of nitrogens with one attached hydrogen (secondary N) is 2. The molecule has 0 unspecified atom stereocenters. The molecule has 0 aromatic heterocycles. The first-order valence-electron chi connectivity index (χ1n) is 12.8. The smallest absolute Gasteiger partial charge is 0.245 e. The molecule has 3 aromatic carbocycles. The van der Waals surface area contributed by atoms with Crippen LogP contribution in [0.1, 0.15) is 29.5 Å². The molecular weight excluding hydrogens is 508 g/mol. The van der Waals surface area contributed by atoms with Crippen molar-refractivity contribution in [2.75, 3.05) is 6.54 Å². The minimum Gasteiger partial charge on any atom is -0.508 e. The van der Waals surface area contributed by atoms with Crippen LogP contribution in [0.15, 0.2) is 96.0 Å². The zero-order chi connectivity index (χ0) is 28.9. The Hall–Kier alpha value is -5.12. The Balaban J connectivity index is 1.82. The highest BCUT2D eigenvalue weighted by Crippen LogP contribution is 2.23. The van der Waals surface area contributed by atoms with Gasteiger partial charge < -0.3 is 32.9 Å². The van der Waals surface area contributed by atoms with Crippen molar-refractivity contribution in [2.24, 2.45) is 22.2 Å². The molecule has 3 rings (SSSR count). The molecule has 0 radical (unpaired) electrons. The first kappa shape index (κ1) is 29.4. The molecule has 10 nitrogen and oxygen atoms in total. The number of hydrogen-bond donors (Lipinski definition) is 6. The van der Waals surface area contributed by atoms with Crippen molar-refractivity contribution in [1.29, 1.82) is 0 Å². The lowest BCUT2D eigenvalue weighted by Crippen LogP contribution is -2.53. The molecule has 0 aliphatic rings. The van der Waals surface area contributed by atoms with E-state index in [-0.39, 0.29) is 31.1 Å². The van der Waals surface area contributed by atoms with Gasteiger partial charge in [-0.3, -0.25) is 19.4 Å². The summed E-state index contributed by atoms with van der Waals surface area (Å²) in [7, 11) is 0. The van der Waals surface area contributed by atoms with Crippen LogP contribution in [0.25, 0.3) is 5.57 Å². The predicted octanol–water partition coefficient (Wildman–Crippen LogP) is 1.58. The Kier molecular flexibility index (Phi) is 10.8. The summed E-state index contributed by atoms with van der Waals surface area (Å²) in [6.07, 6.45) is 2.16. The minimum atomic E-state index is -1.03. The lowest BCUT2D eigenvalue weighted by Gasteiger charge is -2.22. The SMILES string of the molecule is NC(=O)[C@H](Cc1ccc(O)cc1)NC(=O)[C@@H](CCCN=C(N)N)NC(=O)C=C(c1ccccc1)c1ccccc1. The number of phenolic OH excluding ortho intramolecular Hbond substituents is 1. The van der Waals surface area contributed by atoms with Gasteiger partial charge in [0.1, 0.15) is 17.8 Å². The van der Waals surface area contributed by atoms with Crippen molar-refractivity contribution in [1.82, 2.24) is 10.6 Å². The van der Waals surface area contributed by atoms with Crippen molar-refractivity contribution in [3.8, 4) is 5.75 Å². The molecule has 9 N–H and O–H groups in total. The van der Waals surface area contributed by atoms with Crippen molar-refractivity contribution < 1.29 is 19.5 Å². The van der Waals surface area contributed by atoms with Crippen LogP contribution in [-0.2, 0) is 20.8 Å². The van der Waals surface area contributed by atoms with E-state index in [1.807, 2.05) is 60.7 Å². The fourth-order valence-electron chi connectivity index (χ4n) is 4.05. The maximum Gasteiger partial charge on any atom is 0.245 e. The van der Waals surface area contributed by atoms with E-state index in [1.54, 1.807) is 12.1 Å². The predicted molar refractivity (Wildman–Crippen MR) is 155 cm³/mol. The van der Waals surface area contributed by atoms with E-state index in [0.717, 1.165) is 11.1 Å². The van der Waals surface area contributed by atoms with E-state index < -0.39 is 29.8 Å². The molecule has 10 heteroatoms. The number of hydrogen-bond acceptors (Lipinski definition) is 5. The van der Waals surface area contributed by atoms with Crippen molar-refractivity contribution in [2.45, 2.75) is 31.3 Å². The largest absolute Gasteiger partial charge is 0.508 e. The van der Waals surface area contributed by atoms with Gasteiger partial charge in [0.2, 0.25) is 17.7 Å². The standard InChI is InChI=1S/C30H34N6O4/c31-28(39)26(18-20-13-15-23(37)16-14-20)36-29(40)25(12-7-17-34-30(32)33)35-27(38)19-24(21-8-3-1-4-9-21)22-10-5-2-6-11-22/h1-6,8-11,13-16,19,25-26,37H,7,12,17-18H2,(H2,31,39)(H,35,38)(H,36,40)(H4,32,33,34)/t25-,26+/m1/s1. The van der Waals surface area contributed by atoms with Crippen molar-refractivity contribution in [3.05, 3.63) is 108 Å². The van der Waals surface area contributed by atoms with E-state index >= 15 is 0 Å². The van der Waals surface area contributed by atoms with E-state index in [9.17, 15) is 19.5 Å². The number of nitrogens with zero attached hydrogens (tertiary/aromatic N) is 1. The Morgan fingerprint density at radius 1 is 0.800 bits per heavy atom. The quantitative estimate of drug-likeness (QED) is 0.0823. The number of benzene rings is 3. The molecule has 3 amide bonds. The first-order chi connectivity index (χ1) is 19.2. The highest BCUT2D eigenvalue weighted by atomic mass is 16.3. The third-order valence-corrected chi connectivity index (χ3v) is 6.06. The summed E-state index contributed by atoms with van der Waals surface area (Å²) in [5, 5.41) is 14.9. The third-order valence-electron chi connectivity index (χ3n) is 6.06. The number of carbonyl (C=O) groups excluding carboxylic acids is 3. The highest BCUT2D eigenvalue weighted by molar-refractivity contribution is 6.01. The second-order valence-corrected chi connectivity index (χ2v) is 9.13. The number of amides is 3. The van der Waals surface area contributed by atoms with E-state index in [2.05, 4.69) is 15.6 Å². The van der Waals surface area contributed by atoms with Gasteiger partial charge in [-0.2, -0.15) is 0 Å². The number of primary amides is 1. The van der Waals surface area contributed by atoms with Gasteiger partial charge in [-0.1, -0.05) is 72.8 Å². The van der Waals surface area contributed by atoms with Gasteiger partial charge in [0, 0.05) is 19.0 Å². The molecule has 0 bridgehead atoms. The molecule has 2 atom stereocenters. The van der Waals surface area contributed by atoms with E-state index in [0.29, 0.717) is 17.6 Å². The van der Waals surface area contributed by atoms with Crippen LogP contribution in [0, 0.1) is 0 Å². The second-order valence-electron chi connectivity index (χ2n) is 9.13. The van der Waals surface area contributed by atoms with Crippen LogP contribution in [0.2, 0.25) is 0 Å². The Morgan fingerprint density at radius 2 is 1.38 bits per heavy atom. The van der Waals surface area contributed by atoms with Gasteiger partial charge in [-0.15, -0.1) is 0 Å². The topological polar surface area (TPSA) is 186 Å². The number of carbonyl (C=O) groups is 3. The lowest BCUT2D eigenvalue weighted by atomic mass is 9.97. The average molecular weight is 543 g/mol. The number of aromatic hydroxyl groups is 1. The lowest BCUT2D eigenvalue weighted by molar-refractivity contribution is -0.130. The van der Waals surface area contributed by atoms with Crippen LogP contribution >= 0.6 is 0 Å². The maximum atomic E-state index is 13.3. The van der Waals surface area contributed by atoms with Crippen LogP contribution in [0.5, 0.6) is 5.75 Å². The molecule has 0 aliphatic heterocycles. The van der Waals surface area contributed by atoms with Gasteiger partial charge in [-0.05, 0) is 47.2 Å². The highest BCUT2D eigenvalue weighted by Gasteiger charge is 2.25. The second kappa shape index (κ2) is 14.7. The zero-order valence-corrected chi connectivity index (χ0v) is 22.0. The normalized spacial score (nSPS) is 11.9. The Bertz CT molecular complexity index is 1300. The number of nitrogens with two attached hydrogens (primary N) is 3. The fraction of sp³-hybridized carbons (Fsp3) is 0.200. The van der Waals surface area contributed by atoms with Crippen molar-refractivity contribution >= 4 is 29.3 Å². The minimum absolute atomic E-state index is 0.0744. The maximum absolute atomic E-state index is 13.3. The molecule has 0 saturated carbocycles. The Labute approximate surface area is 233 Å². The molecule has 0 saturated heterocycles. The summed E-state index contributed by atoms with van der Waals surface area (Å²) in [6.45, 7) is 0.254. The summed E-state index contributed by atoms with van der Waals surface area (Å²) >= 11 is 0. The number of phenols is 1. The van der Waals surface area contributed by atoms with E-state index in [4.69, 9.17) is 17.2 Å². The zero-order valence-electron chi connectivity index (χ0n) is 22.0. The molecular formula is C30H34N6O4. The van der Waals surface area contributed by atoms with Gasteiger partial charge in [0.05, 0.1) is 0 Å². The number of guanidine groups is 1. The van der Waals surface area contributed by atoms with Crippen molar-refractivity contribution in [3.63, 3.8) is 0 Å². The summed E-state index contributed by atoms with van der Waals surface area (Å²) in [6, 6.07) is 23.0. The summed E-state index contributed by atoms with van der Waals surface area (Å²) < 4.78 is 0. The van der Waals surface area contributed by atoms with Gasteiger partial charge in [-0.25, -0.2) is 0 Å². The summed E-state index contributed by atoms with van der Waals surface area (Å²) in [5.41, 5.74) is 19.4. The molecule has 0 spiro atoms. The van der Waals surface area contributed by atoms with E-state index in [1.165, 1.54) is 18.2 Å². The number of aliphatic imine (C=N–C) groups is 1. The third kappa shape index (κ3) is 9.32. The van der Waals surface area contributed by atoms with Crippen LogP contribution in [0.3, 0.4) is 0 Å². The molecule has 40 heavy (non-hydrogen) atoms.